The van der Waals surface area contributed by atoms with Gasteiger partial charge in [0, 0.05) is 0 Å². The van der Waals surface area contributed by atoms with Crippen LogP contribution in [0.1, 0.15) is 53.7 Å². The van der Waals surface area contributed by atoms with E-state index in [1.165, 1.54) is 0 Å². The number of rotatable bonds is 7. The minimum absolute atomic E-state index is 0. The number of benzene rings is 2. The third-order valence-electron chi connectivity index (χ3n) is 4.28. The zero-order valence-corrected chi connectivity index (χ0v) is 19.7. The topological polar surface area (TPSA) is 159 Å². The number of nitrogens with two attached hydrogens (primary N) is 1. The highest BCUT2D eigenvalue weighted by Gasteiger charge is 2.26. The molecular formula is C26H39N5O5. The molecule has 0 aliphatic carbocycles. The van der Waals surface area contributed by atoms with Crippen molar-refractivity contribution in [3.8, 4) is 6.07 Å². The minimum Gasteiger partial charge on any atom is -0.445 e. The van der Waals surface area contributed by atoms with Crippen LogP contribution in [0, 0.1) is 11.3 Å². The van der Waals surface area contributed by atoms with E-state index >= 15 is 0 Å². The summed E-state index contributed by atoms with van der Waals surface area (Å²) in [6, 6.07) is 20.6. The highest BCUT2D eigenvalue weighted by atomic mass is 16.6. The minimum atomic E-state index is -0.970. The lowest BCUT2D eigenvalue weighted by molar-refractivity contribution is 0.133. The van der Waals surface area contributed by atoms with Crippen molar-refractivity contribution in [2.45, 2.75) is 66.8 Å². The molecule has 0 heterocycles. The van der Waals surface area contributed by atoms with Crippen LogP contribution in [0.5, 0.6) is 0 Å². The molecule has 0 radical (unpaired) electrons. The Balaban J connectivity index is 0. The van der Waals surface area contributed by atoms with Crippen LogP contribution < -0.4 is 16.4 Å². The van der Waals surface area contributed by atoms with Crippen LogP contribution in [0.4, 0.5) is 9.59 Å². The van der Waals surface area contributed by atoms with Crippen molar-refractivity contribution in [2.75, 3.05) is 0 Å². The van der Waals surface area contributed by atoms with Crippen molar-refractivity contribution in [3.63, 3.8) is 0 Å². The van der Waals surface area contributed by atoms with Crippen molar-refractivity contribution in [1.29, 1.82) is 5.26 Å². The number of hydrogen-bond donors (Lipinski definition) is 4. The summed E-state index contributed by atoms with van der Waals surface area (Å²) in [5.74, 6) is -0.0980. The predicted molar refractivity (Wildman–Crippen MR) is 140 cm³/mol. The smallest absolute Gasteiger partial charge is 0.408 e. The molecule has 0 saturated carbocycles. The van der Waals surface area contributed by atoms with Gasteiger partial charge >= 0.3 is 12.2 Å². The van der Waals surface area contributed by atoms with Gasteiger partial charge in [0.05, 0.1) is 11.6 Å². The molecule has 10 nitrogen and oxygen atoms in total. The summed E-state index contributed by atoms with van der Waals surface area (Å²) in [5, 5.41) is 25.1. The van der Waals surface area contributed by atoms with E-state index in [4.69, 9.17) is 25.7 Å². The van der Waals surface area contributed by atoms with Crippen molar-refractivity contribution in [3.05, 3.63) is 71.8 Å². The van der Waals surface area contributed by atoms with Gasteiger partial charge in [-0.25, -0.2) is 9.59 Å². The van der Waals surface area contributed by atoms with E-state index in [1.807, 2.05) is 66.7 Å². The van der Waals surface area contributed by atoms with E-state index in [0.29, 0.717) is 0 Å². The van der Waals surface area contributed by atoms with Crippen LogP contribution in [0.2, 0.25) is 0 Å². The number of amides is 2. The lowest BCUT2D eigenvalue weighted by Crippen LogP contribution is -2.53. The zero-order valence-electron chi connectivity index (χ0n) is 19.7. The molecular weight excluding hydrogens is 462 g/mol. The number of amidine groups is 1. The van der Waals surface area contributed by atoms with E-state index in [1.54, 1.807) is 27.7 Å². The van der Waals surface area contributed by atoms with Crippen LogP contribution in [-0.2, 0) is 22.7 Å². The van der Waals surface area contributed by atoms with E-state index in [2.05, 4.69) is 15.8 Å². The number of ether oxygens (including phenoxy) is 2. The number of alkyl carbamates (subject to hydrolysis) is 2. The Kier molecular flexibility index (Phi) is 15.4. The fourth-order valence-electron chi connectivity index (χ4n) is 2.25. The second kappa shape index (κ2) is 16.4. The fourth-order valence-corrected chi connectivity index (χ4v) is 2.25. The second-order valence-electron chi connectivity index (χ2n) is 8.22. The van der Waals surface area contributed by atoms with E-state index in [0.717, 1.165) is 11.1 Å². The van der Waals surface area contributed by atoms with Crippen molar-refractivity contribution >= 4 is 18.0 Å². The summed E-state index contributed by atoms with van der Waals surface area (Å²) in [4.78, 5) is 22.8. The Labute approximate surface area is 214 Å². The molecule has 0 atom stereocenters. The van der Waals surface area contributed by atoms with E-state index in [-0.39, 0.29) is 33.9 Å². The van der Waals surface area contributed by atoms with Gasteiger partial charge in [-0.2, -0.15) is 5.26 Å². The first-order valence-corrected chi connectivity index (χ1v) is 10.4. The Morgan fingerprint density at radius 3 is 1.64 bits per heavy atom. The van der Waals surface area contributed by atoms with Gasteiger partial charge in [-0.15, -0.1) is 0 Å². The molecule has 198 valence electrons. The number of carbonyl (C=O) groups is 2. The Morgan fingerprint density at radius 1 is 0.889 bits per heavy atom. The zero-order chi connectivity index (χ0) is 25.6. The molecule has 5 N–H and O–H groups in total. The van der Waals surface area contributed by atoms with Gasteiger partial charge in [0.2, 0.25) is 0 Å². The van der Waals surface area contributed by atoms with Crippen LogP contribution >= 0.6 is 0 Å². The number of carbonyl (C=O) groups excluding carboxylic acids is 2. The summed E-state index contributed by atoms with van der Waals surface area (Å²) in [5.41, 5.74) is 5.35. The summed E-state index contributed by atoms with van der Waals surface area (Å²) in [6.45, 7) is 6.79. The number of oxime groups is 1. The van der Waals surface area contributed by atoms with Crippen LogP contribution in [0.25, 0.3) is 0 Å². The monoisotopic (exact) mass is 501 g/mol. The molecule has 2 aromatic rings. The summed E-state index contributed by atoms with van der Waals surface area (Å²) in [6.07, 6.45) is -1.22. The van der Waals surface area contributed by atoms with Crippen LogP contribution in [-0.4, -0.2) is 34.3 Å². The van der Waals surface area contributed by atoms with Gasteiger partial charge in [-0.1, -0.05) is 80.7 Å². The van der Waals surface area contributed by atoms with Crippen molar-refractivity contribution in [2.24, 2.45) is 10.9 Å². The third-order valence-corrected chi connectivity index (χ3v) is 4.28. The predicted octanol–water partition coefficient (Wildman–Crippen LogP) is 4.92. The maximum atomic E-state index is 11.5. The molecule has 0 unspecified atom stereocenters. The second-order valence-corrected chi connectivity index (χ2v) is 8.22. The van der Waals surface area contributed by atoms with Gasteiger partial charge in [0.1, 0.15) is 18.8 Å². The number of nitriles is 1. The Bertz CT molecular complexity index is 987. The lowest BCUT2D eigenvalue weighted by atomic mass is 10.1. The molecule has 0 aliphatic rings. The van der Waals surface area contributed by atoms with Crippen molar-refractivity contribution in [1.82, 2.24) is 10.6 Å². The number of nitrogens with zero attached hydrogens (tertiary/aromatic N) is 2. The van der Waals surface area contributed by atoms with Crippen LogP contribution in [0.3, 0.4) is 0 Å². The maximum Gasteiger partial charge on any atom is 0.408 e. The average molecular weight is 502 g/mol. The fraction of sp³-hybridized carbons (Fsp3) is 0.385. The maximum absolute atomic E-state index is 11.5. The van der Waals surface area contributed by atoms with Gasteiger partial charge in [0.15, 0.2) is 5.84 Å². The SMILES string of the molecule is C.C.CC(C)(C#N)NC(=O)OCc1ccccc1.CC(C)(NC(=O)OCc1ccccc1)/C(N)=N/O. The lowest BCUT2D eigenvalue weighted by Gasteiger charge is -2.23. The molecule has 0 saturated heterocycles. The van der Waals surface area contributed by atoms with Gasteiger partial charge < -0.3 is 31.0 Å². The largest absolute Gasteiger partial charge is 0.445 e. The molecule has 0 bridgehead atoms. The molecule has 0 aliphatic heterocycles. The molecule has 10 heteroatoms. The summed E-state index contributed by atoms with van der Waals surface area (Å²) < 4.78 is 9.98. The number of hydrogen-bond acceptors (Lipinski definition) is 7. The molecule has 2 rings (SSSR count). The first kappa shape index (κ1) is 33.9. The van der Waals surface area contributed by atoms with E-state index < -0.39 is 23.3 Å². The van der Waals surface area contributed by atoms with Gasteiger partial charge in [-0.05, 0) is 38.8 Å². The molecule has 36 heavy (non-hydrogen) atoms. The van der Waals surface area contributed by atoms with Crippen molar-refractivity contribution < 1.29 is 24.3 Å². The quantitative estimate of drug-likeness (QED) is 0.181. The number of nitrogens with one attached hydrogen (secondary N) is 2. The third kappa shape index (κ3) is 13.4. The molecule has 2 amide bonds. The molecule has 2 aromatic carbocycles. The van der Waals surface area contributed by atoms with Gasteiger partial charge in [-0.3, -0.25) is 0 Å². The molecule has 0 spiro atoms. The summed E-state index contributed by atoms with van der Waals surface area (Å²) in [7, 11) is 0. The normalized spacial score (nSPS) is 10.6. The van der Waals surface area contributed by atoms with Crippen LogP contribution in [0.15, 0.2) is 65.8 Å². The average Bonchev–Trinajstić information content (AvgIpc) is 2.82. The highest BCUT2D eigenvalue weighted by molar-refractivity contribution is 5.91. The standard InChI is InChI=1S/C12H17N3O3.C12H14N2O2.2CH4/c1-12(2,10(13)15-17)14-11(16)18-8-9-6-4-3-5-7-9;1-12(2,9-13)14-11(15)16-8-10-6-4-3-5-7-10;;/h3-7,17H,8H2,1-2H3,(H2,13,15)(H,14,16);3-7H,8H2,1-2H3,(H,14,15);2*1H4. The Hall–Kier alpha value is -4.26. The molecule has 0 aromatic heterocycles. The Morgan fingerprint density at radius 2 is 1.28 bits per heavy atom. The van der Waals surface area contributed by atoms with E-state index in [9.17, 15) is 9.59 Å². The molecule has 0 fully saturated rings. The first-order chi connectivity index (χ1) is 16.0. The summed E-state index contributed by atoms with van der Waals surface area (Å²) >= 11 is 0. The first-order valence-electron chi connectivity index (χ1n) is 10.4. The van der Waals surface area contributed by atoms with Gasteiger partial charge in [0.25, 0.3) is 0 Å². The highest BCUT2D eigenvalue weighted by Crippen LogP contribution is 2.05.